The first-order chi connectivity index (χ1) is 11.8. The van der Waals surface area contributed by atoms with E-state index in [-0.39, 0.29) is 10.9 Å². The number of sulfone groups is 1. The second-order valence-electron chi connectivity index (χ2n) is 6.39. The van der Waals surface area contributed by atoms with Gasteiger partial charge < -0.3 is 4.74 Å². The predicted octanol–water partition coefficient (Wildman–Crippen LogP) is 2.67. The highest BCUT2D eigenvalue weighted by atomic mass is 32.2. The number of ether oxygens (including phenoxy) is 1. The van der Waals surface area contributed by atoms with Gasteiger partial charge in [-0.25, -0.2) is 18.4 Å². The Bertz CT molecular complexity index is 889. The Labute approximate surface area is 147 Å². The zero-order valence-electron chi connectivity index (χ0n) is 14.2. The first-order valence-electron chi connectivity index (χ1n) is 8.14. The van der Waals surface area contributed by atoms with Crippen molar-refractivity contribution in [3.8, 4) is 5.75 Å². The molecule has 0 amide bonds. The molecular weight excluding hydrogens is 340 g/mol. The minimum atomic E-state index is -3.57. The molecule has 0 spiro atoms. The Balaban J connectivity index is 2.25. The smallest absolute Gasteiger partial charge is 0.308 e. The van der Waals surface area contributed by atoms with E-state index < -0.39 is 21.2 Å². The summed E-state index contributed by atoms with van der Waals surface area (Å²) >= 11 is 0. The van der Waals surface area contributed by atoms with Crippen LogP contribution in [0.2, 0.25) is 0 Å². The average Bonchev–Trinajstić information content (AvgIpc) is 3.05. The molecule has 1 aromatic carbocycles. The summed E-state index contributed by atoms with van der Waals surface area (Å²) in [6, 6.07) is 9.83. The van der Waals surface area contributed by atoms with Crippen LogP contribution in [0.25, 0.3) is 0 Å². The molecule has 1 saturated carbocycles. The standard InChI is InChI=1S/C18H20N2O4S/c1-13(21)24-15-12-19-17(25(2,22)23)20-16(15)18(10-6-7-11-18)14-8-4-3-5-9-14/h3-5,8-9,12H,6-7,10-11H2,1-2H3. The molecule has 1 fully saturated rings. The molecule has 0 N–H and O–H groups in total. The maximum absolute atomic E-state index is 11.9. The molecule has 1 aliphatic carbocycles. The van der Waals surface area contributed by atoms with Crippen LogP contribution in [0.15, 0.2) is 41.7 Å². The molecule has 25 heavy (non-hydrogen) atoms. The number of aromatic nitrogens is 2. The largest absolute Gasteiger partial charge is 0.423 e. The highest BCUT2D eigenvalue weighted by Gasteiger charge is 2.42. The van der Waals surface area contributed by atoms with Crippen LogP contribution in [0.3, 0.4) is 0 Å². The summed E-state index contributed by atoms with van der Waals surface area (Å²) in [7, 11) is -3.57. The number of nitrogens with zero attached hydrogens (tertiary/aromatic N) is 2. The van der Waals surface area contributed by atoms with E-state index in [4.69, 9.17) is 4.74 Å². The normalized spacial score (nSPS) is 16.6. The van der Waals surface area contributed by atoms with Gasteiger partial charge in [-0.3, -0.25) is 4.79 Å². The van der Waals surface area contributed by atoms with Gasteiger partial charge >= 0.3 is 5.97 Å². The fourth-order valence-corrected chi connectivity index (χ4v) is 4.00. The van der Waals surface area contributed by atoms with Crippen molar-refractivity contribution < 1.29 is 17.9 Å². The molecule has 1 aromatic heterocycles. The number of rotatable bonds is 4. The minimum absolute atomic E-state index is 0.227. The summed E-state index contributed by atoms with van der Waals surface area (Å²) < 4.78 is 29.2. The molecule has 0 bridgehead atoms. The van der Waals surface area contributed by atoms with Gasteiger partial charge in [0.25, 0.3) is 0 Å². The third-order valence-electron chi connectivity index (χ3n) is 4.56. The van der Waals surface area contributed by atoms with E-state index in [9.17, 15) is 13.2 Å². The van der Waals surface area contributed by atoms with E-state index in [1.807, 2.05) is 30.3 Å². The van der Waals surface area contributed by atoms with Crippen molar-refractivity contribution in [3.63, 3.8) is 0 Å². The quantitative estimate of drug-likeness (QED) is 0.615. The van der Waals surface area contributed by atoms with Crippen LogP contribution in [0.5, 0.6) is 5.75 Å². The van der Waals surface area contributed by atoms with E-state index in [1.165, 1.54) is 13.1 Å². The Morgan fingerprint density at radius 3 is 2.36 bits per heavy atom. The SMILES string of the molecule is CC(=O)Oc1cnc(S(C)(=O)=O)nc1C1(c2ccccc2)CCCC1. The molecule has 2 aromatic rings. The van der Waals surface area contributed by atoms with Crippen LogP contribution in [-0.2, 0) is 20.0 Å². The summed E-state index contributed by atoms with van der Waals surface area (Å²) in [6.07, 6.45) is 5.97. The number of hydrogen-bond donors (Lipinski definition) is 0. The topological polar surface area (TPSA) is 86.2 Å². The van der Waals surface area contributed by atoms with Gasteiger partial charge in [0.05, 0.1) is 11.9 Å². The van der Waals surface area contributed by atoms with Crippen LogP contribution >= 0.6 is 0 Å². The lowest BCUT2D eigenvalue weighted by atomic mass is 9.75. The molecule has 1 heterocycles. The average molecular weight is 360 g/mol. The monoisotopic (exact) mass is 360 g/mol. The van der Waals surface area contributed by atoms with Crippen molar-refractivity contribution in [1.29, 1.82) is 0 Å². The maximum Gasteiger partial charge on any atom is 0.308 e. The highest BCUT2D eigenvalue weighted by Crippen LogP contribution is 2.48. The zero-order valence-corrected chi connectivity index (χ0v) is 15.0. The fraction of sp³-hybridized carbons (Fsp3) is 0.389. The van der Waals surface area contributed by atoms with Crippen LogP contribution in [-0.4, -0.2) is 30.6 Å². The molecule has 132 valence electrons. The Kier molecular flexibility index (Phi) is 4.60. The fourth-order valence-electron chi connectivity index (χ4n) is 3.50. The van der Waals surface area contributed by atoms with E-state index in [1.54, 1.807) is 0 Å². The minimum Gasteiger partial charge on any atom is -0.423 e. The van der Waals surface area contributed by atoms with Gasteiger partial charge in [-0.15, -0.1) is 0 Å². The molecular formula is C18H20N2O4S. The second kappa shape index (κ2) is 6.55. The van der Waals surface area contributed by atoms with Crippen LogP contribution in [0.1, 0.15) is 43.9 Å². The predicted molar refractivity (Wildman–Crippen MR) is 92.1 cm³/mol. The number of esters is 1. The lowest BCUT2D eigenvalue weighted by molar-refractivity contribution is -0.132. The molecule has 7 heteroatoms. The molecule has 0 unspecified atom stereocenters. The van der Waals surface area contributed by atoms with Crippen molar-refractivity contribution in [2.45, 2.75) is 43.2 Å². The van der Waals surface area contributed by atoms with Crippen LogP contribution in [0, 0.1) is 0 Å². The summed E-state index contributed by atoms with van der Waals surface area (Å²) in [5, 5.41) is -0.249. The van der Waals surface area contributed by atoms with Crippen molar-refractivity contribution >= 4 is 15.8 Å². The van der Waals surface area contributed by atoms with Gasteiger partial charge in [-0.2, -0.15) is 0 Å². The lowest BCUT2D eigenvalue weighted by Crippen LogP contribution is -2.28. The van der Waals surface area contributed by atoms with Crippen molar-refractivity contribution in [2.75, 3.05) is 6.26 Å². The lowest BCUT2D eigenvalue weighted by Gasteiger charge is -2.30. The van der Waals surface area contributed by atoms with Gasteiger partial charge in [0, 0.05) is 18.6 Å². The Hall–Kier alpha value is -2.28. The molecule has 3 rings (SSSR count). The summed E-state index contributed by atoms with van der Waals surface area (Å²) in [4.78, 5) is 19.7. The summed E-state index contributed by atoms with van der Waals surface area (Å²) in [5.74, 6) is -0.260. The third kappa shape index (κ3) is 3.42. The van der Waals surface area contributed by atoms with Gasteiger partial charge in [-0.05, 0) is 18.4 Å². The van der Waals surface area contributed by atoms with Gasteiger partial charge in [-0.1, -0.05) is 43.2 Å². The van der Waals surface area contributed by atoms with Gasteiger partial charge in [0.15, 0.2) is 5.75 Å². The summed E-state index contributed by atoms with van der Waals surface area (Å²) in [6.45, 7) is 1.30. The van der Waals surface area contributed by atoms with E-state index in [0.717, 1.165) is 37.5 Å². The molecule has 6 nitrogen and oxygen atoms in total. The van der Waals surface area contributed by atoms with Crippen molar-refractivity contribution in [1.82, 2.24) is 9.97 Å². The van der Waals surface area contributed by atoms with Crippen molar-refractivity contribution in [2.24, 2.45) is 0 Å². The van der Waals surface area contributed by atoms with Gasteiger partial charge in [0.2, 0.25) is 15.0 Å². The second-order valence-corrected chi connectivity index (χ2v) is 8.30. The molecule has 0 radical (unpaired) electrons. The first-order valence-corrected chi connectivity index (χ1v) is 10.0. The Morgan fingerprint density at radius 2 is 1.80 bits per heavy atom. The summed E-state index contributed by atoms with van der Waals surface area (Å²) in [5.41, 5.74) is 1.04. The number of benzene rings is 1. The van der Waals surface area contributed by atoms with E-state index >= 15 is 0 Å². The van der Waals surface area contributed by atoms with E-state index in [2.05, 4.69) is 9.97 Å². The maximum atomic E-state index is 11.9. The molecule has 0 aliphatic heterocycles. The van der Waals surface area contributed by atoms with Crippen molar-refractivity contribution in [3.05, 3.63) is 47.8 Å². The highest BCUT2D eigenvalue weighted by molar-refractivity contribution is 7.90. The third-order valence-corrected chi connectivity index (χ3v) is 5.42. The van der Waals surface area contributed by atoms with Crippen LogP contribution < -0.4 is 4.74 Å². The first kappa shape index (κ1) is 17.5. The number of hydrogen-bond acceptors (Lipinski definition) is 6. The Morgan fingerprint density at radius 1 is 1.16 bits per heavy atom. The molecule has 1 aliphatic rings. The molecule has 0 saturated heterocycles. The van der Waals surface area contributed by atoms with E-state index in [0.29, 0.717) is 5.69 Å². The number of carbonyl (C=O) groups is 1. The number of carbonyl (C=O) groups excluding carboxylic acids is 1. The van der Waals surface area contributed by atoms with Gasteiger partial charge in [0.1, 0.15) is 0 Å². The van der Waals surface area contributed by atoms with Crippen LogP contribution in [0.4, 0.5) is 0 Å². The molecule has 0 atom stereocenters. The zero-order chi connectivity index (χ0) is 18.1.